The molecule has 27 heavy (non-hydrogen) atoms. The summed E-state index contributed by atoms with van der Waals surface area (Å²) < 4.78 is 5.40. The minimum atomic E-state index is -0.0394. The number of likely N-dealkylation sites (tertiary alicyclic amines) is 1. The van der Waals surface area contributed by atoms with Crippen LogP contribution >= 0.6 is 0 Å². The number of piperidine rings is 1. The summed E-state index contributed by atoms with van der Waals surface area (Å²) in [5.41, 5.74) is 2.98. The third kappa shape index (κ3) is 4.11. The molecule has 4 rings (SSSR count). The van der Waals surface area contributed by atoms with Gasteiger partial charge in [-0.05, 0) is 37.7 Å². The van der Waals surface area contributed by atoms with Crippen LogP contribution in [-0.2, 0) is 6.42 Å². The lowest BCUT2D eigenvalue weighted by Gasteiger charge is -2.35. The van der Waals surface area contributed by atoms with Gasteiger partial charge in [0, 0.05) is 24.2 Å². The van der Waals surface area contributed by atoms with E-state index >= 15 is 0 Å². The van der Waals surface area contributed by atoms with Gasteiger partial charge >= 0.3 is 0 Å². The van der Waals surface area contributed by atoms with Gasteiger partial charge in [0.05, 0.1) is 0 Å². The van der Waals surface area contributed by atoms with Gasteiger partial charge in [-0.25, -0.2) is 0 Å². The zero-order chi connectivity index (χ0) is 18.5. The molecule has 0 aliphatic carbocycles. The van der Waals surface area contributed by atoms with Crippen molar-refractivity contribution in [1.29, 1.82) is 0 Å². The average molecular weight is 360 g/mol. The lowest BCUT2D eigenvalue weighted by molar-refractivity contribution is 0.0560. The molecule has 4 heteroatoms. The first-order valence-electron chi connectivity index (χ1n) is 9.68. The van der Waals surface area contributed by atoms with Crippen molar-refractivity contribution in [3.05, 3.63) is 78.1 Å². The summed E-state index contributed by atoms with van der Waals surface area (Å²) in [4.78, 5) is 15.0. The number of aromatic nitrogens is 1. The fourth-order valence-electron chi connectivity index (χ4n) is 3.81. The van der Waals surface area contributed by atoms with Gasteiger partial charge in [-0.15, -0.1) is 0 Å². The largest absolute Gasteiger partial charge is 0.350 e. The third-order valence-corrected chi connectivity index (χ3v) is 5.29. The van der Waals surface area contributed by atoms with Crippen LogP contribution in [0.4, 0.5) is 0 Å². The van der Waals surface area contributed by atoms with Gasteiger partial charge in [-0.2, -0.15) is 0 Å². The Morgan fingerprint density at radius 1 is 1.04 bits per heavy atom. The average Bonchev–Trinajstić information content (AvgIpc) is 3.24. The van der Waals surface area contributed by atoms with Crippen molar-refractivity contribution in [3.8, 4) is 11.3 Å². The van der Waals surface area contributed by atoms with Gasteiger partial charge in [-0.3, -0.25) is 4.79 Å². The minimum absolute atomic E-state index is 0.0394. The fourth-order valence-corrected chi connectivity index (χ4v) is 3.81. The van der Waals surface area contributed by atoms with E-state index in [9.17, 15) is 4.79 Å². The highest BCUT2D eigenvalue weighted by molar-refractivity contribution is 5.92. The number of amides is 1. The van der Waals surface area contributed by atoms with Crippen molar-refractivity contribution in [3.63, 3.8) is 0 Å². The van der Waals surface area contributed by atoms with Crippen LogP contribution in [0.2, 0.25) is 0 Å². The minimum Gasteiger partial charge on any atom is -0.350 e. The highest BCUT2D eigenvalue weighted by Gasteiger charge is 2.29. The Morgan fingerprint density at radius 2 is 1.78 bits per heavy atom. The topological polar surface area (TPSA) is 46.3 Å². The molecule has 1 atom stereocenters. The Hall–Kier alpha value is -2.88. The van der Waals surface area contributed by atoms with Crippen LogP contribution in [0, 0.1) is 0 Å². The van der Waals surface area contributed by atoms with E-state index in [0.29, 0.717) is 11.5 Å². The molecule has 0 saturated carbocycles. The van der Waals surface area contributed by atoms with Gasteiger partial charge < -0.3 is 9.42 Å². The Balaban J connectivity index is 1.46. The number of hydrogen-bond donors (Lipinski definition) is 0. The van der Waals surface area contributed by atoms with Gasteiger partial charge in [0.2, 0.25) is 5.76 Å². The van der Waals surface area contributed by atoms with Crippen LogP contribution < -0.4 is 0 Å². The molecule has 0 bridgehead atoms. The predicted molar refractivity (Wildman–Crippen MR) is 105 cm³/mol. The van der Waals surface area contributed by atoms with Gasteiger partial charge in [-0.1, -0.05) is 65.8 Å². The van der Waals surface area contributed by atoms with Crippen molar-refractivity contribution in [2.75, 3.05) is 6.54 Å². The Morgan fingerprint density at radius 3 is 2.56 bits per heavy atom. The normalized spacial score (nSPS) is 17.0. The van der Waals surface area contributed by atoms with Crippen molar-refractivity contribution in [2.24, 2.45) is 0 Å². The van der Waals surface area contributed by atoms with Crippen LogP contribution in [-0.4, -0.2) is 28.6 Å². The number of benzene rings is 2. The second-order valence-corrected chi connectivity index (χ2v) is 7.11. The zero-order valence-corrected chi connectivity index (χ0v) is 15.4. The van der Waals surface area contributed by atoms with E-state index in [1.165, 1.54) is 12.0 Å². The Bertz CT molecular complexity index is 874. The second kappa shape index (κ2) is 8.21. The smallest absolute Gasteiger partial charge is 0.292 e. The molecule has 1 aromatic heterocycles. The molecule has 3 aromatic rings. The Kier molecular flexibility index (Phi) is 5.33. The van der Waals surface area contributed by atoms with Crippen molar-refractivity contribution >= 4 is 5.91 Å². The molecule has 1 saturated heterocycles. The maximum atomic E-state index is 13.1. The number of carbonyl (C=O) groups is 1. The summed E-state index contributed by atoms with van der Waals surface area (Å²) in [6, 6.07) is 22.3. The lowest BCUT2D eigenvalue weighted by Crippen LogP contribution is -2.43. The molecule has 138 valence electrons. The van der Waals surface area contributed by atoms with Crippen molar-refractivity contribution < 1.29 is 9.32 Å². The van der Waals surface area contributed by atoms with E-state index in [-0.39, 0.29) is 11.9 Å². The van der Waals surface area contributed by atoms with Crippen molar-refractivity contribution in [2.45, 2.75) is 38.1 Å². The molecular weight excluding hydrogens is 336 g/mol. The third-order valence-electron chi connectivity index (χ3n) is 5.29. The zero-order valence-electron chi connectivity index (χ0n) is 15.4. The molecule has 4 nitrogen and oxygen atoms in total. The first kappa shape index (κ1) is 17.5. The molecule has 2 heterocycles. The highest BCUT2D eigenvalue weighted by Crippen LogP contribution is 2.25. The number of aryl methyl sites for hydroxylation is 1. The van der Waals surface area contributed by atoms with Gasteiger partial charge in [0.15, 0.2) is 0 Å². The lowest BCUT2D eigenvalue weighted by atomic mass is 9.95. The first-order valence-corrected chi connectivity index (χ1v) is 9.68. The monoisotopic (exact) mass is 360 g/mol. The van der Waals surface area contributed by atoms with Crippen LogP contribution in [0.1, 0.15) is 41.8 Å². The van der Waals surface area contributed by atoms with Crippen LogP contribution in [0.5, 0.6) is 0 Å². The molecule has 1 unspecified atom stereocenters. The predicted octanol–water partition coefficient (Wildman–Crippen LogP) is 4.97. The summed E-state index contributed by atoms with van der Waals surface area (Å²) in [7, 11) is 0. The molecule has 1 amide bonds. The van der Waals surface area contributed by atoms with E-state index in [1.807, 2.05) is 41.3 Å². The maximum absolute atomic E-state index is 13.1. The SMILES string of the molecule is O=C(c1cc(-c2ccccc2)no1)N1CCCCC1CCc1ccccc1. The number of nitrogens with zero attached hydrogens (tertiary/aromatic N) is 2. The summed E-state index contributed by atoms with van der Waals surface area (Å²) >= 11 is 0. The van der Waals surface area contributed by atoms with E-state index in [0.717, 1.165) is 37.8 Å². The van der Waals surface area contributed by atoms with Gasteiger partial charge in [0.1, 0.15) is 5.69 Å². The molecule has 2 aromatic carbocycles. The maximum Gasteiger partial charge on any atom is 0.292 e. The van der Waals surface area contributed by atoms with E-state index in [2.05, 4.69) is 29.4 Å². The van der Waals surface area contributed by atoms with E-state index in [1.54, 1.807) is 6.07 Å². The van der Waals surface area contributed by atoms with E-state index in [4.69, 9.17) is 4.52 Å². The van der Waals surface area contributed by atoms with Crippen molar-refractivity contribution in [1.82, 2.24) is 10.1 Å². The van der Waals surface area contributed by atoms with Gasteiger partial charge in [0.25, 0.3) is 5.91 Å². The van der Waals surface area contributed by atoms with Crippen LogP contribution in [0.3, 0.4) is 0 Å². The number of hydrogen-bond acceptors (Lipinski definition) is 3. The number of carbonyl (C=O) groups excluding carboxylic acids is 1. The highest BCUT2D eigenvalue weighted by atomic mass is 16.5. The molecular formula is C23H24N2O2. The summed E-state index contributed by atoms with van der Waals surface area (Å²) in [5, 5.41) is 4.10. The quantitative estimate of drug-likeness (QED) is 0.645. The standard InChI is InChI=1S/C23H24N2O2/c26-23(22-17-21(24-27-22)19-11-5-2-6-12-19)25-16-8-7-13-20(25)15-14-18-9-3-1-4-10-18/h1-6,9-12,17,20H,7-8,13-16H2. The summed E-state index contributed by atoms with van der Waals surface area (Å²) in [6.07, 6.45) is 5.25. The first-order chi connectivity index (χ1) is 13.3. The fraction of sp³-hybridized carbons (Fsp3) is 0.304. The van der Waals surface area contributed by atoms with Crippen LogP contribution in [0.25, 0.3) is 11.3 Å². The molecule has 1 fully saturated rings. The molecule has 1 aliphatic heterocycles. The molecule has 1 aliphatic rings. The molecule has 0 radical (unpaired) electrons. The summed E-state index contributed by atoms with van der Waals surface area (Å²) in [6.45, 7) is 0.791. The Labute approximate surface area is 159 Å². The molecule has 0 N–H and O–H groups in total. The van der Waals surface area contributed by atoms with Crippen LogP contribution in [0.15, 0.2) is 71.3 Å². The summed E-state index contributed by atoms with van der Waals surface area (Å²) in [5.74, 6) is 0.294. The number of rotatable bonds is 5. The molecule has 0 spiro atoms. The van der Waals surface area contributed by atoms with E-state index < -0.39 is 0 Å². The second-order valence-electron chi connectivity index (χ2n) is 7.11.